The summed E-state index contributed by atoms with van der Waals surface area (Å²) in [6.45, 7) is 3.92. The van der Waals surface area contributed by atoms with E-state index in [-0.39, 0.29) is 18.7 Å². The maximum absolute atomic E-state index is 11.1. The lowest BCUT2D eigenvalue weighted by Crippen LogP contribution is -2.35. The second-order valence-electron chi connectivity index (χ2n) is 3.68. The smallest absolute Gasteiger partial charge is 0.303 e. The minimum Gasteiger partial charge on any atom is -0.481 e. The van der Waals surface area contributed by atoms with E-state index in [9.17, 15) is 9.59 Å². The minimum atomic E-state index is -0.951. The van der Waals surface area contributed by atoms with Crippen LogP contribution in [0.5, 0.6) is 0 Å². The van der Waals surface area contributed by atoms with Gasteiger partial charge in [0.15, 0.2) is 0 Å². The largest absolute Gasteiger partial charge is 0.481 e. The van der Waals surface area contributed by atoms with Crippen molar-refractivity contribution in [3.05, 3.63) is 0 Å². The Morgan fingerprint density at radius 2 is 2.00 bits per heavy atom. The summed E-state index contributed by atoms with van der Waals surface area (Å²) in [5.41, 5.74) is 5.33. The Hall–Kier alpha value is -1.14. The molecule has 0 aliphatic rings. The van der Waals surface area contributed by atoms with Gasteiger partial charge in [-0.2, -0.15) is 0 Å². The van der Waals surface area contributed by atoms with E-state index < -0.39 is 5.97 Å². The molecule has 0 heterocycles. The van der Waals surface area contributed by atoms with E-state index in [2.05, 4.69) is 10.6 Å². The van der Waals surface area contributed by atoms with E-state index in [1.165, 1.54) is 0 Å². The number of nitrogens with one attached hydrogen (secondary N) is 2. The molecule has 0 fully saturated rings. The molecule has 0 radical (unpaired) electrons. The molecule has 0 aliphatic carbocycles. The van der Waals surface area contributed by atoms with Crippen LogP contribution in [0.1, 0.15) is 26.2 Å². The summed E-state index contributed by atoms with van der Waals surface area (Å²) < 4.78 is 0. The molecule has 0 bridgehead atoms. The number of rotatable bonds is 9. The van der Waals surface area contributed by atoms with Gasteiger partial charge < -0.3 is 21.5 Å². The van der Waals surface area contributed by atoms with Crippen LogP contribution in [0.4, 0.5) is 0 Å². The van der Waals surface area contributed by atoms with Crippen LogP contribution >= 0.6 is 0 Å². The molecular weight excluding hydrogens is 210 g/mol. The molecule has 0 spiro atoms. The van der Waals surface area contributed by atoms with Crippen molar-refractivity contribution >= 4 is 11.9 Å². The summed E-state index contributed by atoms with van der Waals surface area (Å²) in [6, 6.07) is 0.295. The lowest BCUT2D eigenvalue weighted by Gasteiger charge is -2.13. The molecule has 1 unspecified atom stereocenters. The fourth-order valence-corrected chi connectivity index (χ4v) is 1.17. The van der Waals surface area contributed by atoms with Gasteiger partial charge in [0.2, 0.25) is 5.91 Å². The number of amides is 1. The summed E-state index contributed by atoms with van der Waals surface area (Å²) in [6.07, 6.45) is 0.728. The number of carbonyl (C=O) groups is 2. The van der Waals surface area contributed by atoms with Crippen molar-refractivity contribution in [1.82, 2.24) is 10.6 Å². The molecule has 0 aromatic rings. The zero-order valence-electron chi connectivity index (χ0n) is 9.66. The highest BCUT2D eigenvalue weighted by Crippen LogP contribution is 1.91. The lowest BCUT2D eigenvalue weighted by molar-refractivity contribution is -0.138. The number of aliphatic carboxylic acids is 1. The normalized spacial score (nSPS) is 12.1. The molecular formula is C10H21N3O3. The third kappa shape index (κ3) is 9.42. The Labute approximate surface area is 95.6 Å². The zero-order valence-corrected chi connectivity index (χ0v) is 9.66. The Kier molecular flexibility index (Phi) is 8.46. The minimum absolute atomic E-state index is 0.0416. The molecule has 0 aromatic carbocycles. The van der Waals surface area contributed by atoms with Gasteiger partial charge in [-0.1, -0.05) is 0 Å². The number of carbonyl (C=O) groups excluding carboxylic acids is 1. The number of carboxylic acid groups (broad SMARTS) is 1. The second kappa shape index (κ2) is 9.11. The van der Waals surface area contributed by atoms with Gasteiger partial charge in [-0.15, -0.1) is 0 Å². The first kappa shape index (κ1) is 14.9. The number of hydrogen-bond donors (Lipinski definition) is 4. The molecule has 0 aromatic heterocycles. The summed E-state index contributed by atoms with van der Waals surface area (Å²) >= 11 is 0. The van der Waals surface area contributed by atoms with Crippen LogP contribution < -0.4 is 16.4 Å². The monoisotopic (exact) mass is 231 g/mol. The third-order valence-electron chi connectivity index (χ3n) is 2.10. The quantitative estimate of drug-likeness (QED) is 0.420. The summed E-state index contributed by atoms with van der Waals surface area (Å²) in [5.74, 6) is -1.17. The van der Waals surface area contributed by atoms with Crippen molar-refractivity contribution in [3.8, 4) is 0 Å². The van der Waals surface area contributed by atoms with Gasteiger partial charge in [0.05, 0.1) is 6.42 Å². The van der Waals surface area contributed by atoms with Crippen molar-refractivity contribution in [2.24, 2.45) is 5.73 Å². The van der Waals surface area contributed by atoms with Gasteiger partial charge in [-0.25, -0.2) is 0 Å². The fraction of sp³-hybridized carbons (Fsp3) is 0.800. The Morgan fingerprint density at radius 3 is 2.56 bits per heavy atom. The zero-order chi connectivity index (χ0) is 12.4. The lowest BCUT2D eigenvalue weighted by atomic mass is 10.2. The van der Waals surface area contributed by atoms with Crippen LogP contribution in [0.15, 0.2) is 0 Å². The Morgan fingerprint density at radius 1 is 1.31 bits per heavy atom. The van der Waals surface area contributed by atoms with Gasteiger partial charge in [0, 0.05) is 32.1 Å². The van der Waals surface area contributed by atoms with Crippen LogP contribution in [0.25, 0.3) is 0 Å². The van der Waals surface area contributed by atoms with E-state index in [4.69, 9.17) is 10.8 Å². The highest BCUT2D eigenvalue weighted by atomic mass is 16.4. The fourth-order valence-electron chi connectivity index (χ4n) is 1.17. The van der Waals surface area contributed by atoms with Gasteiger partial charge in [-0.05, 0) is 13.3 Å². The van der Waals surface area contributed by atoms with Crippen LogP contribution in [-0.4, -0.2) is 42.7 Å². The average Bonchev–Trinajstić information content (AvgIpc) is 2.23. The van der Waals surface area contributed by atoms with Crippen LogP contribution in [0.2, 0.25) is 0 Å². The number of carboxylic acids is 1. The maximum atomic E-state index is 11.1. The van der Waals surface area contributed by atoms with Crippen molar-refractivity contribution in [3.63, 3.8) is 0 Å². The van der Waals surface area contributed by atoms with Crippen LogP contribution in [-0.2, 0) is 9.59 Å². The predicted molar refractivity (Wildman–Crippen MR) is 61.0 cm³/mol. The van der Waals surface area contributed by atoms with Crippen molar-refractivity contribution in [2.75, 3.05) is 19.6 Å². The second-order valence-corrected chi connectivity index (χ2v) is 3.68. The van der Waals surface area contributed by atoms with Gasteiger partial charge in [0.1, 0.15) is 0 Å². The molecule has 1 atom stereocenters. The number of nitrogens with two attached hydrogens (primary N) is 1. The van der Waals surface area contributed by atoms with E-state index in [1.807, 2.05) is 6.92 Å². The van der Waals surface area contributed by atoms with E-state index in [0.717, 1.165) is 13.0 Å². The molecule has 1 amide bonds. The van der Waals surface area contributed by atoms with Crippen LogP contribution in [0.3, 0.4) is 0 Å². The average molecular weight is 231 g/mol. The van der Waals surface area contributed by atoms with Crippen molar-refractivity contribution in [1.29, 1.82) is 0 Å². The van der Waals surface area contributed by atoms with E-state index >= 15 is 0 Å². The topological polar surface area (TPSA) is 104 Å². The highest BCUT2D eigenvalue weighted by Gasteiger charge is 2.05. The first-order valence-corrected chi connectivity index (χ1v) is 5.48. The molecule has 16 heavy (non-hydrogen) atoms. The number of hydrogen-bond acceptors (Lipinski definition) is 4. The van der Waals surface area contributed by atoms with Gasteiger partial charge in [-0.3, -0.25) is 9.59 Å². The van der Waals surface area contributed by atoms with Gasteiger partial charge >= 0.3 is 5.97 Å². The SMILES string of the molecule is CC(CCNC(=O)CCC(=O)O)NCCN. The molecule has 0 rings (SSSR count). The standard InChI is InChI=1S/C10H21N3O3/c1-8(12-7-5-11)4-6-13-9(14)2-3-10(15)16/h8,12H,2-7,11H2,1H3,(H,13,14)(H,15,16). The molecule has 6 nitrogen and oxygen atoms in total. The first-order valence-electron chi connectivity index (χ1n) is 5.48. The Balaban J connectivity index is 3.42. The summed E-state index contributed by atoms with van der Waals surface area (Å²) in [7, 11) is 0. The molecule has 0 saturated carbocycles. The molecule has 6 heteroatoms. The van der Waals surface area contributed by atoms with Crippen molar-refractivity contribution in [2.45, 2.75) is 32.2 Å². The molecule has 0 aliphatic heterocycles. The van der Waals surface area contributed by atoms with E-state index in [1.54, 1.807) is 0 Å². The van der Waals surface area contributed by atoms with Crippen LogP contribution in [0, 0.1) is 0 Å². The Bertz CT molecular complexity index is 221. The van der Waals surface area contributed by atoms with Gasteiger partial charge in [0.25, 0.3) is 0 Å². The summed E-state index contributed by atoms with van der Waals surface area (Å²) in [5, 5.41) is 14.2. The third-order valence-corrected chi connectivity index (χ3v) is 2.10. The predicted octanol–water partition coefficient (Wildman–Crippen LogP) is -0.706. The molecule has 5 N–H and O–H groups in total. The van der Waals surface area contributed by atoms with Crippen molar-refractivity contribution < 1.29 is 14.7 Å². The molecule has 94 valence electrons. The highest BCUT2D eigenvalue weighted by molar-refractivity contribution is 5.80. The maximum Gasteiger partial charge on any atom is 0.303 e. The molecule has 0 saturated heterocycles. The van der Waals surface area contributed by atoms with E-state index in [0.29, 0.717) is 19.1 Å². The summed E-state index contributed by atoms with van der Waals surface area (Å²) in [4.78, 5) is 21.3. The first-order chi connectivity index (χ1) is 7.56.